The van der Waals surface area contributed by atoms with E-state index in [1.165, 1.54) is 23.9 Å². The van der Waals surface area contributed by atoms with Gasteiger partial charge in [-0.15, -0.1) is 11.8 Å². The fraction of sp³-hybridized carbons (Fsp3) is 0.462. The summed E-state index contributed by atoms with van der Waals surface area (Å²) >= 11 is 1.18. The smallest absolute Gasteiger partial charge is 0.315 e. The maximum absolute atomic E-state index is 11.5. The van der Waals surface area contributed by atoms with Crippen LogP contribution in [-0.2, 0) is 14.3 Å². The van der Waals surface area contributed by atoms with Gasteiger partial charge >= 0.3 is 5.97 Å². The fourth-order valence-corrected chi connectivity index (χ4v) is 2.11. The van der Waals surface area contributed by atoms with Crippen LogP contribution in [0.3, 0.4) is 0 Å². The van der Waals surface area contributed by atoms with E-state index < -0.39 is 4.92 Å². The lowest BCUT2D eigenvalue weighted by Gasteiger charge is -2.07. The first-order chi connectivity index (χ1) is 11.0. The van der Waals surface area contributed by atoms with E-state index in [2.05, 4.69) is 15.6 Å². The second kappa shape index (κ2) is 10.4. The third-order valence-electron chi connectivity index (χ3n) is 2.47. The number of carbonyl (C=O) groups is 2. The van der Waals surface area contributed by atoms with E-state index in [0.29, 0.717) is 25.5 Å². The minimum Gasteiger partial charge on any atom is -0.465 e. The van der Waals surface area contributed by atoms with Crippen LogP contribution < -0.4 is 10.6 Å². The summed E-state index contributed by atoms with van der Waals surface area (Å²) in [6, 6.07) is 2.84. The van der Waals surface area contributed by atoms with Gasteiger partial charge in [0.2, 0.25) is 5.91 Å². The number of esters is 1. The number of pyridine rings is 1. The highest BCUT2D eigenvalue weighted by molar-refractivity contribution is 8.00. The number of hydrogen-bond acceptors (Lipinski definition) is 8. The Balaban J connectivity index is 2.13. The topological polar surface area (TPSA) is 123 Å². The van der Waals surface area contributed by atoms with Crippen molar-refractivity contribution in [1.82, 2.24) is 10.3 Å². The molecule has 1 amide bonds. The van der Waals surface area contributed by atoms with Crippen molar-refractivity contribution in [1.29, 1.82) is 0 Å². The molecular formula is C13H18N4O5S. The predicted octanol–water partition coefficient (Wildman–Crippen LogP) is 0.814. The van der Waals surface area contributed by atoms with E-state index in [4.69, 9.17) is 4.74 Å². The number of aromatic nitrogens is 1. The Hall–Kier alpha value is -2.36. The van der Waals surface area contributed by atoms with Crippen LogP contribution in [0.1, 0.15) is 6.92 Å². The molecule has 0 aliphatic heterocycles. The summed E-state index contributed by atoms with van der Waals surface area (Å²) in [7, 11) is 0. The number of anilines is 1. The molecule has 1 rings (SSSR count). The average Bonchev–Trinajstić information content (AvgIpc) is 2.52. The molecule has 0 aliphatic rings. The molecule has 0 unspecified atom stereocenters. The molecule has 0 saturated heterocycles. The molecule has 0 fully saturated rings. The van der Waals surface area contributed by atoms with E-state index in [9.17, 15) is 19.7 Å². The van der Waals surface area contributed by atoms with Crippen LogP contribution in [0.5, 0.6) is 0 Å². The number of nitrogens with one attached hydrogen (secondary N) is 2. The van der Waals surface area contributed by atoms with Gasteiger partial charge in [-0.05, 0) is 13.0 Å². The Kier molecular flexibility index (Phi) is 8.43. The van der Waals surface area contributed by atoms with Gasteiger partial charge in [0, 0.05) is 19.2 Å². The highest BCUT2D eigenvalue weighted by Gasteiger charge is 2.06. The van der Waals surface area contributed by atoms with Crippen molar-refractivity contribution in [2.24, 2.45) is 0 Å². The minimum absolute atomic E-state index is 0.0810. The quantitative estimate of drug-likeness (QED) is 0.277. The number of amides is 1. The molecular weight excluding hydrogens is 324 g/mol. The summed E-state index contributed by atoms with van der Waals surface area (Å²) in [5.74, 6) is 0.288. The van der Waals surface area contributed by atoms with Gasteiger partial charge in [0.25, 0.3) is 5.69 Å². The molecule has 2 N–H and O–H groups in total. The van der Waals surface area contributed by atoms with Crippen molar-refractivity contribution in [2.75, 3.05) is 36.5 Å². The zero-order valence-corrected chi connectivity index (χ0v) is 13.4. The lowest BCUT2D eigenvalue weighted by Crippen LogP contribution is -2.30. The normalized spacial score (nSPS) is 9.96. The van der Waals surface area contributed by atoms with Crippen molar-refractivity contribution >= 4 is 35.1 Å². The van der Waals surface area contributed by atoms with Gasteiger partial charge in [0.1, 0.15) is 12.0 Å². The SMILES string of the molecule is CCOC(=O)CSCC(=O)NCCNc1ccc([N+](=O)[O-])cn1. The van der Waals surface area contributed by atoms with E-state index in [1.807, 2.05) is 0 Å². The fourth-order valence-electron chi connectivity index (χ4n) is 1.47. The van der Waals surface area contributed by atoms with E-state index in [0.717, 1.165) is 6.20 Å². The molecule has 0 bridgehead atoms. The molecule has 0 saturated carbocycles. The molecule has 0 aliphatic carbocycles. The van der Waals surface area contributed by atoms with E-state index >= 15 is 0 Å². The molecule has 0 atom stereocenters. The van der Waals surface area contributed by atoms with Gasteiger partial charge in [-0.25, -0.2) is 4.98 Å². The monoisotopic (exact) mass is 342 g/mol. The molecule has 0 spiro atoms. The Bertz CT molecular complexity index is 538. The summed E-state index contributed by atoms with van der Waals surface area (Å²) in [5.41, 5.74) is -0.0810. The van der Waals surface area contributed by atoms with Gasteiger partial charge in [-0.1, -0.05) is 0 Å². The highest BCUT2D eigenvalue weighted by Crippen LogP contribution is 2.11. The zero-order chi connectivity index (χ0) is 17.1. The molecule has 1 aromatic rings. The first-order valence-corrected chi connectivity index (χ1v) is 8.02. The van der Waals surface area contributed by atoms with Crippen molar-refractivity contribution in [3.05, 3.63) is 28.4 Å². The second-order valence-electron chi connectivity index (χ2n) is 4.23. The van der Waals surface area contributed by atoms with Crippen molar-refractivity contribution in [3.8, 4) is 0 Å². The van der Waals surface area contributed by atoms with Gasteiger partial charge in [-0.2, -0.15) is 0 Å². The predicted molar refractivity (Wildman–Crippen MR) is 86.3 cm³/mol. The molecule has 1 heterocycles. The summed E-state index contributed by atoms with van der Waals surface area (Å²) < 4.78 is 4.74. The Morgan fingerprint density at radius 2 is 2.13 bits per heavy atom. The summed E-state index contributed by atoms with van der Waals surface area (Å²) in [6.45, 7) is 2.85. The molecule has 0 radical (unpaired) electrons. The first-order valence-electron chi connectivity index (χ1n) is 6.87. The van der Waals surface area contributed by atoms with Crippen molar-refractivity contribution in [3.63, 3.8) is 0 Å². The Morgan fingerprint density at radius 3 is 2.74 bits per heavy atom. The molecule has 1 aromatic heterocycles. The van der Waals surface area contributed by atoms with Gasteiger partial charge in [0.15, 0.2) is 0 Å². The number of nitro groups is 1. The van der Waals surface area contributed by atoms with Crippen LogP contribution >= 0.6 is 11.8 Å². The lowest BCUT2D eigenvalue weighted by molar-refractivity contribution is -0.385. The second-order valence-corrected chi connectivity index (χ2v) is 5.22. The number of hydrogen-bond donors (Lipinski definition) is 2. The maximum atomic E-state index is 11.5. The van der Waals surface area contributed by atoms with Crippen LogP contribution in [0.2, 0.25) is 0 Å². The molecule has 0 aromatic carbocycles. The van der Waals surface area contributed by atoms with Crippen molar-refractivity contribution in [2.45, 2.75) is 6.92 Å². The van der Waals surface area contributed by atoms with Crippen LogP contribution in [0.4, 0.5) is 11.5 Å². The number of nitrogens with zero attached hydrogens (tertiary/aromatic N) is 2. The maximum Gasteiger partial charge on any atom is 0.315 e. The van der Waals surface area contributed by atoms with Crippen LogP contribution in [-0.4, -0.2) is 53.0 Å². The van der Waals surface area contributed by atoms with Gasteiger partial charge in [0.05, 0.1) is 23.0 Å². The van der Waals surface area contributed by atoms with E-state index in [-0.39, 0.29) is 29.1 Å². The zero-order valence-electron chi connectivity index (χ0n) is 12.6. The summed E-state index contributed by atoms with van der Waals surface area (Å²) in [4.78, 5) is 36.4. The van der Waals surface area contributed by atoms with Gasteiger partial charge in [-0.3, -0.25) is 19.7 Å². The van der Waals surface area contributed by atoms with Crippen LogP contribution in [0.15, 0.2) is 18.3 Å². The van der Waals surface area contributed by atoms with Crippen LogP contribution in [0.25, 0.3) is 0 Å². The first kappa shape index (κ1) is 18.7. The number of ether oxygens (including phenoxy) is 1. The van der Waals surface area contributed by atoms with Crippen molar-refractivity contribution < 1.29 is 19.2 Å². The minimum atomic E-state index is -0.523. The van der Waals surface area contributed by atoms with E-state index in [1.54, 1.807) is 6.92 Å². The number of thioether (sulfide) groups is 1. The molecule has 126 valence electrons. The largest absolute Gasteiger partial charge is 0.465 e. The highest BCUT2D eigenvalue weighted by atomic mass is 32.2. The number of carbonyl (C=O) groups excluding carboxylic acids is 2. The molecule has 10 heteroatoms. The van der Waals surface area contributed by atoms with Crippen LogP contribution in [0, 0.1) is 10.1 Å². The Labute approximate surface area is 137 Å². The molecule has 23 heavy (non-hydrogen) atoms. The number of rotatable bonds is 10. The third-order valence-corrected chi connectivity index (χ3v) is 3.38. The third kappa shape index (κ3) is 8.00. The van der Waals surface area contributed by atoms with Gasteiger partial charge < -0.3 is 15.4 Å². The Morgan fingerprint density at radius 1 is 1.35 bits per heavy atom. The molecule has 9 nitrogen and oxygen atoms in total. The lowest BCUT2D eigenvalue weighted by atomic mass is 10.4. The average molecular weight is 342 g/mol. The standard InChI is InChI=1S/C13H18N4O5S/c1-2-22-13(19)9-23-8-12(18)15-6-5-14-11-4-3-10(7-16-11)17(20)21/h3-4,7H,2,5-6,8-9H2,1H3,(H,14,16)(H,15,18). The summed E-state index contributed by atoms with van der Waals surface area (Å²) in [6.07, 6.45) is 1.16. The summed E-state index contributed by atoms with van der Waals surface area (Å²) in [5, 5.41) is 16.1.